The number of carbonyl (C=O) groups excluding carboxylic acids is 1. The maximum Gasteiger partial charge on any atom is 0.224 e. The fourth-order valence-corrected chi connectivity index (χ4v) is 1.84. The number of hydrogen-bond acceptors (Lipinski definition) is 1. The van der Waals surface area contributed by atoms with E-state index < -0.39 is 0 Å². The summed E-state index contributed by atoms with van der Waals surface area (Å²) in [4.78, 5) is 14.5. The molecule has 1 amide bonds. The maximum absolute atomic E-state index is 11.6. The SMILES string of the molecule is O=C(Cc1cc[nH]c1)NCCc1ccc(Cl)cc1. The number of H-pyrrole nitrogens is 1. The van der Waals surface area contributed by atoms with E-state index in [0.717, 1.165) is 17.0 Å². The summed E-state index contributed by atoms with van der Waals surface area (Å²) in [5.41, 5.74) is 2.17. The molecule has 0 fully saturated rings. The largest absolute Gasteiger partial charge is 0.367 e. The zero-order valence-electron chi connectivity index (χ0n) is 9.95. The Morgan fingerprint density at radius 1 is 1.17 bits per heavy atom. The topological polar surface area (TPSA) is 44.9 Å². The van der Waals surface area contributed by atoms with Crippen molar-refractivity contribution in [1.29, 1.82) is 0 Å². The first-order valence-electron chi connectivity index (χ1n) is 5.87. The molecule has 0 unspecified atom stereocenters. The third-order valence-electron chi connectivity index (χ3n) is 2.68. The van der Waals surface area contributed by atoms with E-state index in [4.69, 9.17) is 11.6 Å². The number of aromatic amines is 1. The van der Waals surface area contributed by atoms with Crippen molar-refractivity contribution in [2.75, 3.05) is 6.54 Å². The molecule has 0 saturated carbocycles. The highest BCUT2D eigenvalue weighted by Gasteiger charge is 2.02. The lowest BCUT2D eigenvalue weighted by atomic mass is 10.1. The number of benzene rings is 1. The fraction of sp³-hybridized carbons (Fsp3) is 0.214. The average molecular weight is 263 g/mol. The third kappa shape index (κ3) is 3.93. The summed E-state index contributed by atoms with van der Waals surface area (Å²) < 4.78 is 0. The van der Waals surface area contributed by atoms with Crippen LogP contribution in [-0.2, 0) is 17.6 Å². The van der Waals surface area contributed by atoms with Crippen molar-refractivity contribution < 1.29 is 4.79 Å². The normalized spacial score (nSPS) is 10.3. The van der Waals surface area contributed by atoms with E-state index in [0.29, 0.717) is 13.0 Å². The minimum atomic E-state index is 0.0450. The van der Waals surface area contributed by atoms with E-state index in [2.05, 4.69) is 10.3 Å². The van der Waals surface area contributed by atoms with Gasteiger partial charge in [-0.05, 0) is 35.7 Å². The first kappa shape index (κ1) is 12.7. The van der Waals surface area contributed by atoms with Gasteiger partial charge in [0.05, 0.1) is 6.42 Å². The third-order valence-corrected chi connectivity index (χ3v) is 2.93. The first-order chi connectivity index (χ1) is 8.74. The Morgan fingerprint density at radius 2 is 1.94 bits per heavy atom. The fourth-order valence-electron chi connectivity index (χ4n) is 1.71. The van der Waals surface area contributed by atoms with Crippen LogP contribution in [0.15, 0.2) is 42.7 Å². The molecule has 2 rings (SSSR count). The maximum atomic E-state index is 11.6. The van der Waals surface area contributed by atoms with E-state index in [-0.39, 0.29) is 5.91 Å². The molecule has 0 radical (unpaired) electrons. The van der Waals surface area contributed by atoms with E-state index in [9.17, 15) is 4.79 Å². The van der Waals surface area contributed by atoms with Gasteiger partial charge in [0.2, 0.25) is 5.91 Å². The van der Waals surface area contributed by atoms with Crippen LogP contribution in [0.25, 0.3) is 0 Å². The van der Waals surface area contributed by atoms with Crippen molar-refractivity contribution in [3.8, 4) is 0 Å². The number of aromatic nitrogens is 1. The van der Waals surface area contributed by atoms with Crippen LogP contribution in [0, 0.1) is 0 Å². The molecule has 94 valence electrons. The van der Waals surface area contributed by atoms with Crippen molar-refractivity contribution in [1.82, 2.24) is 10.3 Å². The minimum Gasteiger partial charge on any atom is -0.367 e. The van der Waals surface area contributed by atoms with Gasteiger partial charge in [-0.2, -0.15) is 0 Å². The molecule has 0 aliphatic heterocycles. The van der Waals surface area contributed by atoms with Crippen LogP contribution in [0.3, 0.4) is 0 Å². The summed E-state index contributed by atoms with van der Waals surface area (Å²) in [6.45, 7) is 0.644. The molecular weight excluding hydrogens is 248 g/mol. The quantitative estimate of drug-likeness (QED) is 0.855. The Hall–Kier alpha value is -1.74. The number of nitrogens with one attached hydrogen (secondary N) is 2. The molecule has 3 nitrogen and oxygen atoms in total. The highest BCUT2D eigenvalue weighted by Crippen LogP contribution is 2.09. The van der Waals surface area contributed by atoms with Gasteiger partial charge in [0.1, 0.15) is 0 Å². The van der Waals surface area contributed by atoms with Crippen molar-refractivity contribution in [2.24, 2.45) is 0 Å². The van der Waals surface area contributed by atoms with Gasteiger partial charge in [-0.1, -0.05) is 23.7 Å². The van der Waals surface area contributed by atoms with Gasteiger partial charge >= 0.3 is 0 Å². The van der Waals surface area contributed by atoms with E-state index in [1.54, 1.807) is 0 Å². The van der Waals surface area contributed by atoms with Crippen LogP contribution in [0.2, 0.25) is 5.02 Å². The zero-order chi connectivity index (χ0) is 12.8. The molecule has 0 spiro atoms. The summed E-state index contributed by atoms with van der Waals surface area (Å²) in [5.74, 6) is 0.0450. The van der Waals surface area contributed by atoms with Gasteiger partial charge < -0.3 is 10.3 Å². The number of rotatable bonds is 5. The average Bonchev–Trinajstić information content (AvgIpc) is 2.84. The van der Waals surface area contributed by atoms with E-state index >= 15 is 0 Å². The molecule has 2 aromatic rings. The molecule has 1 aromatic heterocycles. The molecule has 1 heterocycles. The molecule has 4 heteroatoms. The lowest BCUT2D eigenvalue weighted by molar-refractivity contribution is -0.120. The predicted molar refractivity (Wildman–Crippen MR) is 72.7 cm³/mol. The lowest BCUT2D eigenvalue weighted by Gasteiger charge is -2.04. The molecule has 0 aliphatic carbocycles. The van der Waals surface area contributed by atoms with Gasteiger partial charge in [-0.25, -0.2) is 0 Å². The van der Waals surface area contributed by atoms with Crippen molar-refractivity contribution in [3.63, 3.8) is 0 Å². The van der Waals surface area contributed by atoms with Crippen molar-refractivity contribution in [2.45, 2.75) is 12.8 Å². The van der Waals surface area contributed by atoms with Gasteiger partial charge in [-0.15, -0.1) is 0 Å². The number of amides is 1. The van der Waals surface area contributed by atoms with E-state index in [1.165, 1.54) is 5.56 Å². The van der Waals surface area contributed by atoms with Gasteiger partial charge in [0.15, 0.2) is 0 Å². The Labute approximate surface area is 111 Å². The Bertz CT molecular complexity index is 491. The molecule has 0 atom stereocenters. The summed E-state index contributed by atoms with van der Waals surface area (Å²) >= 11 is 5.80. The molecule has 2 N–H and O–H groups in total. The second-order valence-electron chi connectivity index (χ2n) is 4.12. The van der Waals surface area contributed by atoms with Crippen LogP contribution in [0.5, 0.6) is 0 Å². The summed E-state index contributed by atoms with van der Waals surface area (Å²) in [6.07, 6.45) is 4.88. The standard InChI is InChI=1S/C14H15ClN2O/c15-13-3-1-11(2-4-13)6-8-17-14(18)9-12-5-7-16-10-12/h1-5,7,10,16H,6,8-9H2,(H,17,18). The number of halogens is 1. The summed E-state index contributed by atoms with van der Waals surface area (Å²) in [6, 6.07) is 9.57. The highest BCUT2D eigenvalue weighted by atomic mass is 35.5. The summed E-state index contributed by atoms with van der Waals surface area (Å²) in [7, 11) is 0. The molecule has 18 heavy (non-hydrogen) atoms. The van der Waals surface area contributed by atoms with Gasteiger partial charge in [-0.3, -0.25) is 4.79 Å². The second kappa shape index (κ2) is 6.26. The van der Waals surface area contributed by atoms with Gasteiger partial charge in [0.25, 0.3) is 0 Å². The molecule has 0 saturated heterocycles. The van der Waals surface area contributed by atoms with Crippen LogP contribution in [0.4, 0.5) is 0 Å². The lowest BCUT2D eigenvalue weighted by Crippen LogP contribution is -2.27. The van der Waals surface area contributed by atoms with Crippen molar-refractivity contribution in [3.05, 3.63) is 58.9 Å². The molecule has 1 aromatic carbocycles. The molecule has 0 bridgehead atoms. The second-order valence-corrected chi connectivity index (χ2v) is 4.56. The monoisotopic (exact) mass is 262 g/mol. The Kier molecular flexibility index (Phi) is 4.42. The summed E-state index contributed by atoms with van der Waals surface area (Å²) in [5, 5.41) is 3.63. The van der Waals surface area contributed by atoms with E-state index in [1.807, 2.05) is 42.7 Å². The zero-order valence-corrected chi connectivity index (χ0v) is 10.7. The van der Waals surface area contributed by atoms with Crippen LogP contribution in [0.1, 0.15) is 11.1 Å². The predicted octanol–water partition coefficient (Wildman–Crippen LogP) is 2.57. The molecule has 0 aliphatic rings. The highest BCUT2D eigenvalue weighted by molar-refractivity contribution is 6.30. The minimum absolute atomic E-state index is 0.0450. The molecular formula is C14H15ClN2O. The number of carbonyl (C=O) groups is 1. The van der Waals surface area contributed by atoms with Crippen LogP contribution >= 0.6 is 11.6 Å². The smallest absolute Gasteiger partial charge is 0.224 e. The van der Waals surface area contributed by atoms with Crippen LogP contribution < -0.4 is 5.32 Å². The number of hydrogen-bond donors (Lipinski definition) is 2. The first-order valence-corrected chi connectivity index (χ1v) is 6.24. The van der Waals surface area contributed by atoms with Crippen LogP contribution in [-0.4, -0.2) is 17.4 Å². The Morgan fingerprint density at radius 3 is 2.61 bits per heavy atom. The van der Waals surface area contributed by atoms with Gasteiger partial charge in [0, 0.05) is 24.0 Å². The Balaban J connectivity index is 1.72. The van der Waals surface area contributed by atoms with Crippen molar-refractivity contribution >= 4 is 17.5 Å².